The molecular weight excluding hydrogens is 115 g/mol. The zero-order valence-electron chi connectivity index (χ0n) is 6.20. The van der Waals surface area contributed by atoms with Gasteiger partial charge < -0.3 is 0 Å². The van der Waals surface area contributed by atoms with Gasteiger partial charge in [0.2, 0.25) is 0 Å². The lowest BCUT2D eigenvalue weighted by Gasteiger charge is -1.94. The third-order valence-electron chi connectivity index (χ3n) is 1.38. The van der Waals surface area contributed by atoms with Crippen molar-refractivity contribution in [3.05, 3.63) is 6.42 Å². The first-order chi connectivity index (χ1) is 4.41. The summed E-state index contributed by atoms with van der Waals surface area (Å²) in [6.07, 6.45) is 7.58. The molecule has 0 spiro atoms. The van der Waals surface area contributed by atoms with Gasteiger partial charge in [0.15, 0.2) is 0 Å². The van der Waals surface area contributed by atoms with Gasteiger partial charge in [-0.1, -0.05) is 32.6 Å². The smallest absolute Gasteiger partial charge is 0.0894 e. The molecule has 0 aliphatic rings. The van der Waals surface area contributed by atoms with Crippen molar-refractivity contribution in [2.45, 2.75) is 39.0 Å². The van der Waals surface area contributed by atoms with E-state index in [2.05, 4.69) is 13.3 Å². The Bertz CT molecular complexity index is 37.8. The van der Waals surface area contributed by atoms with Gasteiger partial charge in [-0.15, -0.1) is 0 Å². The van der Waals surface area contributed by atoms with E-state index < -0.39 is 0 Å². The largest absolute Gasteiger partial charge is 0.251 e. The number of alkyl halides is 1. The zero-order valence-corrected chi connectivity index (χ0v) is 6.20. The maximum atomic E-state index is 11.5. The summed E-state index contributed by atoms with van der Waals surface area (Å²) in [5, 5.41) is 0. The van der Waals surface area contributed by atoms with Crippen LogP contribution in [0.25, 0.3) is 0 Å². The van der Waals surface area contributed by atoms with E-state index in [-0.39, 0.29) is 6.67 Å². The van der Waals surface area contributed by atoms with Crippen LogP contribution in [0.3, 0.4) is 0 Å². The zero-order chi connectivity index (χ0) is 6.95. The summed E-state index contributed by atoms with van der Waals surface area (Å²) >= 11 is 0. The molecule has 0 aromatic heterocycles. The van der Waals surface area contributed by atoms with Crippen molar-refractivity contribution in [1.29, 1.82) is 0 Å². The minimum Gasteiger partial charge on any atom is -0.251 e. The van der Waals surface area contributed by atoms with Crippen LogP contribution in [0.4, 0.5) is 4.39 Å². The second kappa shape index (κ2) is 7.93. The Labute approximate surface area is 57.5 Å². The fourth-order valence-electron chi connectivity index (χ4n) is 0.797. The van der Waals surface area contributed by atoms with Crippen LogP contribution in [0.5, 0.6) is 0 Å². The van der Waals surface area contributed by atoms with Gasteiger partial charge in [-0.05, 0) is 12.8 Å². The molecule has 0 atom stereocenters. The molecule has 0 nitrogen and oxygen atoms in total. The summed E-state index contributed by atoms with van der Waals surface area (Å²) in [7, 11) is 0. The molecule has 0 heterocycles. The summed E-state index contributed by atoms with van der Waals surface area (Å²) in [6.45, 7) is 1.92. The molecule has 0 fully saturated rings. The van der Waals surface area contributed by atoms with Gasteiger partial charge in [0, 0.05) is 0 Å². The third kappa shape index (κ3) is 7.93. The van der Waals surface area contributed by atoms with Crippen molar-refractivity contribution in [2.24, 2.45) is 0 Å². The predicted molar refractivity (Wildman–Crippen MR) is 39.0 cm³/mol. The van der Waals surface area contributed by atoms with Gasteiger partial charge in [-0.25, -0.2) is 0 Å². The molecule has 0 N–H and O–H groups in total. The Morgan fingerprint density at radius 3 is 2.33 bits per heavy atom. The molecule has 0 aliphatic carbocycles. The van der Waals surface area contributed by atoms with Gasteiger partial charge in [0.05, 0.1) is 6.67 Å². The number of hydrogen-bond donors (Lipinski definition) is 0. The van der Waals surface area contributed by atoms with Gasteiger partial charge in [-0.2, -0.15) is 0 Å². The van der Waals surface area contributed by atoms with Crippen molar-refractivity contribution in [2.75, 3.05) is 6.67 Å². The van der Waals surface area contributed by atoms with E-state index in [1.807, 2.05) is 0 Å². The molecule has 0 saturated heterocycles. The predicted octanol–water partition coefficient (Wildman–Crippen LogP) is 3.13. The average molecular weight is 131 g/mol. The van der Waals surface area contributed by atoms with E-state index in [1.165, 1.54) is 19.3 Å². The lowest BCUT2D eigenvalue weighted by atomic mass is 10.1. The molecule has 0 saturated carbocycles. The quantitative estimate of drug-likeness (QED) is 0.486. The standard InChI is InChI=1S/C8H16F/c1-2-3-4-5-6-7-8-9/h2H,3-8H2,1H3. The maximum Gasteiger partial charge on any atom is 0.0894 e. The third-order valence-corrected chi connectivity index (χ3v) is 1.38. The van der Waals surface area contributed by atoms with Crippen molar-refractivity contribution >= 4 is 0 Å². The van der Waals surface area contributed by atoms with Crippen molar-refractivity contribution in [3.63, 3.8) is 0 Å². The van der Waals surface area contributed by atoms with Gasteiger partial charge >= 0.3 is 0 Å². The van der Waals surface area contributed by atoms with E-state index in [1.54, 1.807) is 0 Å². The van der Waals surface area contributed by atoms with Crippen molar-refractivity contribution in [1.82, 2.24) is 0 Å². The summed E-state index contributed by atoms with van der Waals surface area (Å²) < 4.78 is 11.5. The Kier molecular flexibility index (Phi) is 7.87. The van der Waals surface area contributed by atoms with Crippen LogP contribution in [0.1, 0.15) is 39.0 Å². The molecule has 0 unspecified atom stereocenters. The SMILES string of the molecule is C[CH]CCCCCCF. The normalized spacial score (nSPS) is 10.0. The van der Waals surface area contributed by atoms with Crippen LogP contribution in [-0.4, -0.2) is 6.67 Å². The Morgan fingerprint density at radius 2 is 1.78 bits per heavy atom. The molecule has 0 rings (SSSR count). The highest BCUT2D eigenvalue weighted by molar-refractivity contribution is 4.54. The first-order valence-corrected chi connectivity index (χ1v) is 3.75. The van der Waals surface area contributed by atoms with Crippen LogP contribution in [0, 0.1) is 6.42 Å². The van der Waals surface area contributed by atoms with Crippen LogP contribution in [0.15, 0.2) is 0 Å². The van der Waals surface area contributed by atoms with Crippen LogP contribution in [-0.2, 0) is 0 Å². The fraction of sp³-hybridized carbons (Fsp3) is 0.875. The monoisotopic (exact) mass is 131 g/mol. The highest BCUT2D eigenvalue weighted by Gasteiger charge is 1.87. The first-order valence-electron chi connectivity index (χ1n) is 3.75. The maximum absolute atomic E-state index is 11.5. The molecule has 9 heavy (non-hydrogen) atoms. The molecule has 1 radical (unpaired) electrons. The fourth-order valence-corrected chi connectivity index (χ4v) is 0.797. The van der Waals surface area contributed by atoms with E-state index in [0.717, 1.165) is 12.8 Å². The molecule has 1 heteroatoms. The summed E-state index contributed by atoms with van der Waals surface area (Å²) in [4.78, 5) is 0. The number of unbranched alkanes of at least 4 members (excludes halogenated alkanes) is 5. The van der Waals surface area contributed by atoms with E-state index in [4.69, 9.17) is 0 Å². The second-order valence-corrected chi connectivity index (χ2v) is 2.30. The minimum absolute atomic E-state index is 0.143. The number of hydrogen-bond acceptors (Lipinski definition) is 0. The molecule has 55 valence electrons. The van der Waals surface area contributed by atoms with Crippen LogP contribution < -0.4 is 0 Å². The van der Waals surface area contributed by atoms with Gasteiger partial charge in [0.1, 0.15) is 0 Å². The summed E-state index contributed by atoms with van der Waals surface area (Å²) in [6, 6.07) is 0. The summed E-state index contributed by atoms with van der Waals surface area (Å²) in [5.41, 5.74) is 0. The van der Waals surface area contributed by atoms with E-state index >= 15 is 0 Å². The lowest BCUT2D eigenvalue weighted by Crippen LogP contribution is -1.79. The number of halogens is 1. The van der Waals surface area contributed by atoms with Crippen molar-refractivity contribution < 1.29 is 4.39 Å². The Hall–Kier alpha value is -0.0700. The van der Waals surface area contributed by atoms with Gasteiger partial charge in [0.25, 0.3) is 0 Å². The molecule has 0 bridgehead atoms. The second-order valence-electron chi connectivity index (χ2n) is 2.30. The lowest BCUT2D eigenvalue weighted by molar-refractivity contribution is 0.453. The molecule has 0 aromatic rings. The van der Waals surface area contributed by atoms with E-state index in [9.17, 15) is 4.39 Å². The van der Waals surface area contributed by atoms with Crippen LogP contribution >= 0.6 is 0 Å². The first kappa shape index (κ1) is 8.93. The topological polar surface area (TPSA) is 0 Å². The molecule has 0 amide bonds. The highest BCUT2D eigenvalue weighted by atomic mass is 19.1. The van der Waals surface area contributed by atoms with E-state index in [0.29, 0.717) is 0 Å². The molecule has 0 aliphatic heterocycles. The molecular formula is C8H16F. The van der Waals surface area contributed by atoms with Crippen LogP contribution in [0.2, 0.25) is 0 Å². The van der Waals surface area contributed by atoms with Gasteiger partial charge in [-0.3, -0.25) is 4.39 Å². The average Bonchev–Trinajstić information content (AvgIpc) is 1.89. The number of rotatable bonds is 6. The Balaban J connectivity index is 2.60. The summed E-state index contributed by atoms with van der Waals surface area (Å²) in [5.74, 6) is 0. The Morgan fingerprint density at radius 1 is 1.11 bits per heavy atom. The highest BCUT2D eigenvalue weighted by Crippen LogP contribution is 2.03. The van der Waals surface area contributed by atoms with Crippen molar-refractivity contribution in [3.8, 4) is 0 Å². The minimum atomic E-state index is -0.143. The molecule has 0 aromatic carbocycles.